The summed E-state index contributed by atoms with van der Waals surface area (Å²) < 4.78 is 5.44. The first-order valence-electron chi connectivity index (χ1n) is 8.03. The van der Waals surface area contributed by atoms with Crippen molar-refractivity contribution in [1.29, 1.82) is 0 Å². The second-order valence-electron chi connectivity index (χ2n) is 5.74. The van der Waals surface area contributed by atoms with Gasteiger partial charge in [-0.05, 0) is 62.2 Å². The van der Waals surface area contributed by atoms with E-state index in [-0.39, 0.29) is 12.5 Å². The van der Waals surface area contributed by atoms with Gasteiger partial charge in [0.1, 0.15) is 12.3 Å². The van der Waals surface area contributed by atoms with Crippen molar-refractivity contribution in [2.24, 2.45) is 4.99 Å². The van der Waals surface area contributed by atoms with E-state index in [1.807, 2.05) is 63.2 Å². The number of nitrogens with one attached hydrogen (secondary N) is 1. The third kappa shape index (κ3) is 3.25. The highest BCUT2D eigenvalue weighted by atomic mass is 16.5. The van der Waals surface area contributed by atoms with Gasteiger partial charge < -0.3 is 10.1 Å². The predicted octanol–water partition coefficient (Wildman–Crippen LogP) is 3.52. The minimum absolute atomic E-state index is 0.0304. The van der Waals surface area contributed by atoms with Crippen molar-refractivity contribution in [3.8, 4) is 5.75 Å². The predicted molar refractivity (Wildman–Crippen MR) is 96.9 cm³/mol. The normalized spacial score (nSPS) is 13.9. The van der Waals surface area contributed by atoms with Gasteiger partial charge in [0.25, 0.3) is 5.91 Å². The number of aliphatic imine (C=N–C) groups is 1. The fourth-order valence-electron chi connectivity index (χ4n) is 2.64. The summed E-state index contributed by atoms with van der Waals surface area (Å²) in [6.07, 6.45) is 0. The summed E-state index contributed by atoms with van der Waals surface area (Å²) in [7, 11) is 0. The van der Waals surface area contributed by atoms with Crippen molar-refractivity contribution in [1.82, 2.24) is 0 Å². The molecule has 0 fully saturated rings. The molecule has 0 aliphatic carbocycles. The van der Waals surface area contributed by atoms with Crippen LogP contribution in [0.4, 0.5) is 11.4 Å². The largest absolute Gasteiger partial charge is 0.494 e. The van der Waals surface area contributed by atoms with E-state index in [1.165, 1.54) is 0 Å². The van der Waals surface area contributed by atoms with Gasteiger partial charge >= 0.3 is 0 Å². The van der Waals surface area contributed by atoms with Gasteiger partial charge in [-0.25, -0.2) is 9.89 Å². The molecule has 1 aliphatic heterocycles. The van der Waals surface area contributed by atoms with Crippen LogP contribution in [0.2, 0.25) is 0 Å². The van der Waals surface area contributed by atoms with E-state index < -0.39 is 0 Å². The highest BCUT2D eigenvalue weighted by Gasteiger charge is 2.28. The van der Waals surface area contributed by atoms with Gasteiger partial charge in [-0.2, -0.15) is 0 Å². The van der Waals surface area contributed by atoms with E-state index in [1.54, 1.807) is 4.90 Å². The molecule has 0 spiro atoms. The monoisotopic (exact) mass is 323 g/mol. The van der Waals surface area contributed by atoms with Crippen LogP contribution in [-0.4, -0.2) is 25.0 Å². The summed E-state index contributed by atoms with van der Waals surface area (Å²) in [6.45, 7) is 6.75. The number of carbonyl (C=O) groups excluding carboxylic acids is 1. The zero-order chi connectivity index (χ0) is 17.1. The first-order chi connectivity index (χ1) is 11.6. The second kappa shape index (κ2) is 6.74. The molecule has 5 nitrogen and oxygen atoms in total. The van der Waals surface area contributed by atoms with Gasteiger partial charge in [-0.1, -0.05) is 12.1 Å². The summed E-state index contributed by atoms with van der Waals surface area (Å²) in [4.78, 5) is 18.3. The first kappa shape index (κ1) is 16.1. The molecular weight excluding hydrogens is 302 g/mol. The highest BCUT2D eigenvalue weighted by Crippen LogP contribution is 2.25. The number of rotatable bonds is 4. The summed E-state index contributed by atoms with van der Waals surface area (Å²) in [5, 5.41) is 3.24. The molecular formula is C19H21N3O2. The van der Waals surface area contributed by atoms with Gasteiger partial charge in [0.05, 0.1) is 12.3 Å². The summed E-state index contributed by atoms with van der Waals surface area (Å²) >= 11 is 0. The SMILES string of the molecule is CCOc1ccc(NC2=NCC(=O)N2c2cc(C)ccc2C)cc1. The molecule has 2 aromatic rings. The van der Waals surface area contributed by atoms with E-state index in [0.717, 1.165) is 28.3 Å². The van der Waals surface area contributed by atoms with Crippen LogP contribution in [0.5, 0.6) is 5.75 Å². The second-order valence-corrected chi connectivity index (χ2v) is 5.74. The van der Waals surface area contributed by atoms with Gasteiger partial charge in [0, 0.05) is 5.69 Å². The molecule has 0 radical (unpaired) electrons. The first-order valence-corrected chi connectivity index (χ1v) is 8.03. The van der Waals surface area contributed by atoms with Crippen molar-refractivity contribution in [3.63, 3.8) is 0 Å². The van der Waals surface area contributed by atoms with Gasteiger partial charge in [-0.15, -0.1) is 0 Å². The zero-order valence-corrected chi connectivity index (χ0v) is 14.2. The maximum atomic E-state index is 12.3. The highest BCUT2D eigenvalue weighted by molar-refractivity contribution is 6.25. The average Bonchev–Trinajstić information content (AvgIpc) is 2.92. The fourth-order valence-corrected chi connectivity index (χ4v) is 2.64. The van der Waals surface area contributed by atoms with Gasteiger partial charge in [0.2, 0.25) is 5.96 Å². The van der Waals surface area contributed by atoms with Crippen LogP contribution in [0.3, 0.4) is 0 Å². The summed E-state index contributed by atoms with van der Waals surface area (Å²) in [5.41, 5.74) is 3.88. The lowest BCUT2D eigenvalue weighted by Crippen LogP contribution is -2.37. The van der Waals surface area contributed by atoms with Crippen molar-refractivity contribution in [2.75, 3.05) is 23.4 Å². The fraction of sp³-hybridized carbons (Fsp3) is 0.263. The van der Waals surface area contributed by atoms with Crippen molar-refractivity contribution >= 4 is 23.2 Å². The van der Waals surface area contributed by atoms with Crippen LogP contribution >= 0.6 is 0 Å². The molecule has 24 heavy (non-hydrogen) atoms. The van der Waals surface area contributed by atoms with Crippen molar-refractivity contribution in [3.05, 3.63) is 53.6 Å². The number of benzene rings is 2. The van der Waals surface area contributed by atoms with Crippen LogP contribution in [0.25, 0.3) is 0 Å². The Kier molecular flexibility index (Phi) is 4.51. The van der Waals surface area contributed by atoms with E-state index in [0.29, 0.717) is 12.6 Å². The molecule has 0 bridgehead atoms. The van der Waals surface area contributed by atoms with Crippen LogP contribution < -0.4 is 15.0 Å². The Morgan fingerprint density at radius 1 is 1.17 bits per heavy atom. The number of carbonyl (C=O) groups is 1. The number of hydrogen-bond acceptors (Lipinski definition) is 4. The Hall–Kier alpha value is -2.82. The number of anilines is 2. The molecule has 0 atom stereocenters. The summed E-state index contributed by atoms with van der Waals surface area (Å²) in [6, 6.07) is 13.7. The maximum absolute atomic E-state index is 12.3. The molecule has 0 aromatic heterocycles. The quantitative estimate of drug-likeness (QED) is 0.936. The molecule has 3 rings (SSSR count). The lowest BCUT2D eigenvalue weighted by molar-refractivity contribution is -0.115. The molecule has 1 heterocycles. The molecule has 1 amide bonds. The minimum atomic E-state index is -0.0304. The Balaban J connectivity index is 1.84. The molecule has 0 saturated carbocycles. The lowest BCUT2D eigenvalue weighted by Gasteiger charge is -2.22. The molecule has 124 valence electrons. The number of ether oxygens (including phenoxy) is 1. The molecule has 1 N–H and O–H groups in total. The Morgan fingerprint density at radius 3 is 2.62 bits per heavy atom. The van der Waals surface area contributed by atoms with Crippen LogP contribution in [0.15, 0.2) is 47.5 Å². The molecule has 1 aliphatic rings. The van der Waals surface area contributed by atoms with E-state index >= 15 is 0 Å². The number of nitrogens with zero attached hydrogens (tertiary/aromatic N) is 2. The van der Waals surface area contributed by atoms with E-state index in [9.17, 15) is 4.79 Å². The van der Waals surface area contributed by atoms with Crippen LogP contribution in [0.1, 0.15) is 18.1 Å². The average molecular weight is 323 g/mol. The number of aryl methyl sites for hydroxylation is 2. The zero-order valence-electron chi connectivity index (χ0n) is 14.2. The third-order valence-electron chi connectivity index (χ3n) is 3.85. The minimum Gasteiger partial charge on any atom is -0.494 e. The van der Waals surface area contributed by atoms with Crippen molar-refractivity contribution < 1.29 is 9.53 Å². The molecule has 2 aromatic carbocycles. The number of amides is 1. The molecule has 5 heteroatoms. The third-order valence-corrected chi connectivity index (χ3v) is 3.85. The molecule has 0 unspecified atom stereocenters. The van der Waals surface area contributed by atoms with Crippen molar-refractivity contribution in [2.45, 2.75) is 20.8 Å². The molecule has 0 saturated heterocycles. The van der Waals surface area contributed by atoms with Gasteiger partial charge in [0.15, 0.2) is 0 Å². The van der Waals surface area contributed by atoms with E-state index in [2.05, 4.69) is 10.3 Å². The standard InChI is InChI=1S/C19H21N3O2/c1-4-24-16-9-7-15(8-10-16)21-19-20-12-18(23)22(19)17-11-13(2)5-6-14(17)3/h5-11H,4,12H2,1-3H3,(H,20,21). The lowest BCUT2D eigenvalue weighted by atomic mass is 10.1. The van der Waals surface area contributed by atoms with Gasteiger partial charge in [-0.3, -0.25) is 4.79 Å². The van der Waals surface area contributed by atoms with Crippen LogP contribution in [0, 0.1) is 13.8 Å². The Bertz CT molecular complexity index is 782. The topological polar surface area (TPSA) is 53.9 Å². The Morgan fingerprint density at radius 2 is 1.92 bits per heavy atom. The summed E-state index contributed by atoms with van der Waals surface area (Å²) in [5.74, 6) is 1.34. The number of guanidine groups is 1. The van der Waals surface area contributed by atoms with Crippen LogP contribution in [-0.2, 0) is 4.79 Å². The van der Waals surface area contributed by atoms with E-state index in [4.69, 9.17) is 4.74 Å². The Labute approximate surface area is 142 Å². The smallest absolute Gasteiger partial charge is 0.255 e. The number of hydrogen-bond donors (Lipinski definition) is 1. The maximum Gasteiger partial charge on any atom is 0.255 e.